The van der Waals surface area contributed by atoms with E-state index in [1.807, 2.05) is 64.4 Å². The Hall–Kier alpha value is -4.75. The molecule has 2 amide bonds. The first-order valence-corrected chi connectivity index (χ1v) is 18.3. The van der Waals surface area contributed by atoms with Crippen LogP contribution in [0.5, 0.6) is 5.75 Å². The molecule has 2 saturated heterocycles. The lowest BCUT2D eigenvalue weighted by Gasteiger charge is -2.32. The van der Waals surface area contributed by atoms with E-state index in [-0.39, 0.29) is 17.6 Å². The fourth-order valence-corrected chi connectivity index (χ4v) is 7.32. The average Bonchev–Trinajstić information content (AvgIpc) is 3.17. The summed E-state index contributed by atoms with van der Waals surface area (Å²) in [6.45, 7) is 4.97. The van der Waals surface area contributed by atoms with E-state index in [2.05, 4.69) is 28.5 Å². The number of hydrogen-bond donors (Lipinski definition) is 2. The summed E-state index contributed by atoms with van der Waals surface area (Å²) in [6, 6.07) is 27.1. The minimum atomic E-state index is -0.0869. The van der Waals surface area contributed by atoms with Gasteiger partial charge in [-0.2, -0.15) is 0 Å². The van der Waals surface area contributed by atoms with Gasteiger partial charge in [-0.15, -0.1) is 0 Å². The number of nitrogens with zero attached hydrogens (tertiary/aromatic N) is 3. The van der Waals surface area contributed by atoms with Gasteiger partial charge < -0.3 is 20.2 Å². The summed E-state index contributed by atoms with van der Waals surface area (Å²) in [5.74, 6) is 1.87. The van der Waals surface area contributed by atoms with E-state index in [4.69, 9.17) is 0 Å². The molecule has 7 nitrogen and oxygen atoms in total. The smallest absolute Gasteiger partial charge is 0.253 e. The number of likely N-dealkylation sites (tertiary alicyclic amines) is 1. The maximum atomic E-state index is 13.6. The first kappa shape index (κ1) is 35.1. The molecule has 2 N–H and O–H groups in total. The number of nitrogens with one attached hydrogen (secondary N) is 1. The van der Waals surface area contributed by atoms with Gasteiger partial charge in [0.05, 0.1) is 0 Å². The van der Waals surface area contributed by atoms with Crippen LogP contribution in [-0.4, -0.2) is 64.4 Å². The van der Waals surface area contributed by atoms with E-state index in [0.717, 1.165) is 71.1 Å². The molecule has 2 fully saturated rings. The lowest BCUT2D eigenvalue weighted by molar-refractivity contribution is -0.126. The second-order valence-corrected chi connectivity index (χ2v) is 13.9. The van der Waals surface area contributed by atoms with Gasteiger partial charge >= 0.3 is 0 Å². The maximum absolute atomic E-state index is 13.6. The third-order valence-electron chi connectivity index (χ3n) is 10.3. The van der Waals surface area contributed by atoms with Gasteiger partial charge in [-0.1, -0.05) is 67.8 Å². The Morgan fingerprint density at radius 2 is 1.56 bits per heavy atom. The number of aromatic hydroxyl groups is 1. The van der Waals surface area contributed by atoms with Crippen LogP contribution in [0.15, 0.2) is 103 Å². The van der Waals surface area contributed by atoms with Gasteiger partial charge in [0, 0.05) is 50.2 Å². The molecule has 0 spiro atoms. The van der Waals surface area contributed by atoms with Crippen LogP contribution in [-0.2, 0) is 17.8 Å². The highest BCUT2D eigenvalue weighted by atomic mass is 16.3. The van der Waals surface area contributed by atoms with Gasteiger partial charge in [-0.05, 0) is 127 Å². The summed E-state index contributed by atoms with van der Waals surface area (Å²) in [5.41, 5.74) is 5.65. The third kappa shape index (κ3) is 10.1. The monoisotopic (exact) mass is 670 g/mol. The molecule has 0 unspecified atom stereocenters. The molecule has 0 bridgehead atoms. The average molecular weight is 671 g/mol. The van der Waals surface area contributed by atoms with Crippen LogP contribution in [0.1, 0.15) is 72.0 Å². The summed E-state index contributed by atoms with van der Waals surface area (Å²) in [6.07, 6.45) is 16.3. The molecule has 4 aromatic rings. The molecular formula is C43H50N4O3. The van der Waals surface area contributed by atoms with E-state index < -0.39 is 0 Å². The molecule has 260 valence electrons. The molecule has 50 heavy (non-hydrogen) atoms. The second kappa shape index (κ2) is 17.8. The van der Waals surface area contributed by atoms with Gasteiger partial charge in [-0.3, -0.25) is 14.6 Å². The quantitative estimate of drug-likeness (QED) is 0.142. The maximum Gasteiger partial charge on any atom is 0.253 e. The number of phenols is 1. The highest BCUT2D eigenvalue weighted by Crippen LogP contribution is 2.28. The minimum Gasteiger partial charge on any atom is -0.508 e. The largest absolute Gasteiger partial charge is 0.508 e. The van der Waals surface area contributed by atoms with Crippen LogP contribution in [0, 0.1) is 11.8 Å². The molecular weight excluding hydrogens is 620 g/mol. The Morgan fingerprint density at radius 3 is 2.30 bits per heavy atom. The molecule has 3 aromatic carbocycles. The van der Waals surface area contributed by atoms with E-state index >= 15 is 0 Å². The minimum absolute atomic E-state index is 0.0869. The van der Waals surface area contributed by atoms with Crippen LogP contribution in [0.3, 0.4) is 0 Å². The molecule has 6 rings (SSSR count). The molecule has 1 aromatic heterocycles. The van der Waals surface area contributed by atoms with Crippen LogP contribution < -0.4 is 5.32 Å². The summed E-state index contributed by atoms with van der Waals surface area (Å²) in [7, 11) is 0. The normalized spacial score (nSPS) is 15.7. The fraction of sp³-hybridized carbons (Fsp3) is 0.372. The van der Waals surface area contributed by atoms with E-state index in [1.54, 1.807) is 36.7 Å². The molecule has 0 saturated carbocycles. The number of aromatic nitrogens is 1. The molecule has 0 aliphatic carbocycles. The number of rotatable bonds is 13. The molecule has 0 atom stereocenters. The van der Waals surface area contributed by atoms with E-state index in [0.29, 0.717) is 19.5 Å². The third-order valence-corrected chi connectivity index (χ3v) is 10.3. The number of carbonyl (C=O) groups excluding carboxylic acids is 2. The van der Waals surface area contributed by atoms with Crippen LogP contribution in [0.25, 0.3) is 17.2 Å². The number of carbonyl (C=O) groups is 2. The van der Waals surface area contributed by atoms with E-state index in [1.165, 1.54) is 45.2 Å². The Morgan fingerprint density at radius 1 is 0.840 bits per heavy atom. The van der Waals surface area contributed by atoms with Crippen molar-refractivity contribution in [1.82, 2.24) is 20.1 Å². The van der Waals surface area contributed by atoms with Crippen molar-refractivity contribution in [3.8, 4) is 16.9 Å². The Labute approximate surface area is 297 Å². The number of piperidine rings is 2. The number of pyridine rings is 1. The second-order valence-electron chi connectivity index (χ2n) is 13.9. The van der Waals surface area contributed by atoms with E-state index in [9.17, 15) is 14.7 Å². The van der Waals surface area contributed by atoms with Crippen molar-refractivity contribution in [1.29, 1.82) is 0 Å². The SMILES string of the molecule is O=C(/C=C/c1cccnc1)N(CCc1ccc(O)cc1)Cc1cccc(-c2cccc(C(=O)N3CCC(CCCC4CCNCC4)CC3)c2)c1. The van der Waals surface area contributed by atoms with Crippen molar-refractivity contribution >= 4 is 17.9 Å². The molecule has 3 heterocycles. The van der Waals surface area contributed by atoms with Crippen LogP contribution in [0.4, 0.5) is 0 Å². The van der Waals surface area contributed by atoms with Gasteiger partial charge in [0.15, 0.2) is 0 Å². The Balaban J connectivity index is 1.08. The summed E-state index contributed by atoms with van der Waals surface area (Å²) >= 11 is 0. The highest BCUT2D eigenvalue weighted by Gasteiger charge is 2.24. The lowest BCUT2D eigenvalue weighted by Crippen LogP contribution is -2.38. The Kier molecular flexibility index (Phi) is 12.5. The first-order valence-electron chi connectivity index (χ1n) is 18.3. The molecule has 2 aliphatic heterocycles. The predicted octanol–water partition coefficient (Wildman–Crippen LogP) is 7.76. The van der Waals surface area contributed by atoms with Crippen molar-refractivity contribution in [2.75, 3.05) is 32.7 Å². The van der Waals surface area contributed by atoms with Crippen molar-refractivity contribution in [3.05, 3.63) is 126 Å². The number of phenolic OH excluding ortho intramolecular Hbond substituents is 1. The topological polar surface area (TPSA) is 85.8 Å². The molecule has 7 heteroatoms. The van der Waals surface area contributed by atoms with Gasteiger partial charge in [0.25, 0.3) is 5.91 Å². The summed E-state index contributed by atoms with van der Waals surface area (Å²) in [4.78, 5) is 35.1. The van der Waals surface area contributed by atoms with Crippen molar-refractivity contribution in [3.63, 3.8) is 0 Å². The zero-order chi connectivity index (χ0) is 34.5. The fourth-order valence-electron chi connectivity index (χ4n) is 7.32. The van der Waals surface area contributed by atoms with Crippen LogP contribution in [0.2, 0.25) is 0 Å². The highest BCUT2D eigenvalue weighted by molar-refractivity contribution is 5.95. The van der Waals surface area contributed by atoms with Crippen LogP contribution >= 0.6 is 0 Å². The molecule has 2 aliphatic rings. The van der Waals surface area contributed by atoms with Gasteiger partial charge in [-0.25, -0.2) is 0 Å². The zero-order valence-corrected chi connectivity index (χ0v) is 29.1. The van der Waals surface area contributed by atoms with Crippen molar-refractivity contribution < 1.29 is 14.7 Å². The number of hydrogen-bond acceptors (Lipinski definition) is 5. The Bertz CT molecular complexity index is 1710. The summed E-state index contributed by atoms with van der Waals surface area (Å²) in [5, 5.41) is 13.2. The molecule has 0 radical (unpaired) electrons. The zero-order valence-electron chi connectivity index (χ0n) is 29.1. The van der Waals surface area contributed by atoms with Crippen molar-refractivity contribution in [2.45, 2.75) is 57.9 Å². The van der Waals surface area contributed by atoms with Crippen molar-refractivity contribution in [2.24, 2.45) is 11.8 Å². The van der Waals surface area contributed by atoms with Gasteiger partial charge in [0.2, 0.25) is 5.91 Å². The first-order chi connectivity index (χ1) is 24.5. The van der Waals surface area contributed by atoms with Gasteiger partial charge in [0.1, 0.15) is 5.75 Å². The number of benzene rings is 3. The lowest BCUT2D eigenvalue weighted by atomic mass is 9.87. The predicted molar refractivity (Wildman–Crippen MR) is 200 cm³/mol. The summed E-state index contributed by atoms with van der Waals surface area (Å²) < 4.78 is 0. The standard InChI is InChI=1S/C43H50N4O3/c48-41-15-12-35(13-16-41)22-28-47(42(49)17-14-36-8-4-23-45-31-36)32-37-7-2-9-38(29-37)39-10-3-11-40(30-39)43(50)46-26-20-34(21-27-46)6-1-5-33-18-24-44-25-19-33/h2-4,7-17,23,29-31,33-34,44,48H,1,5-6,18-22,24-28,32H2/b17-14+. The number of amides is 2.